The van der Waals surface area contributed by atoms with Crippen LogP contribution in [0.5, 0.6) is 0 Å². The van der Waals surface area contributed by atoms with Crippen LogP contribution in [0.15, 0.2) is 24.3 Å². The average molecular weight is 373 g/mol. The van der Waals surface area contributed by atoms with Gasteiger partial charge in [-0.2, -0.15) is 13.2 Å². The minimum Gasteiger partial charge on any atom is -0.370 e. The van der Waals surface area contributed by atoms with E-state index in [1.807, 2.05) is 6.92 Å². The number of carbonyl (C=O) groups is 1. The van der Waals surface area contributed by atoms with Crippen molar-refractivity contribution in [3.05, 3.63) is 46.4 Å². The van der Waals surface area contributed by atoms with Crippen LogP contribution < -0.4 is 10.6 Å². The highest BCUT2D eigenvalue weighted by Crippen LogP contribution is 2.36. The number of benzene rings is 1. The topological polar surface area (TPSA) is 66.9 Å². The molecule has 0 atom stereocenters. The van der Waals surface area contributed by atoms with E-state index in [9.17, 15) is 18.0 Å². The Labute approximate surface area is 147 Å². The van der Waals surface area contributed by atoms with Crippen LogP contribution in [0.1, 0.15) is 35.2 Å². The van der Waals surface area contributed by atoms with Crippen LogP contribution in [0.3, 0.4) is 0 Å². The van der Waals surface area contributed by atoms with Crippen LogP contribution in [-0.2, 0) is 6.18 Å². The monoisotopic (exact) mass is 372 g/mol. The lowest BCUT2D eigenvalue weighted by Gasteiger charge is -2.12. The Morgan fingerprint density at radius 2 is 1.96 bits per heavy atom. The molecule has 134 valence electrons. The fourth-order valence-electron chi connectivity index (χ4n) is 2.04. The van der Waals surface area contributed by atoms with Crippen LogP contribution in [-0.4, -0.2) is 22.4 Å². The number of amides is 1. The quantitative estimate of drug-likeness (QED) is 0.809. The number of nitrogens with one attached hydrogen (secondary N) is 2. The summed E-state index contributed by atoms with van der Waals surface area (Å²) in [4.78, 5) is 20.5. The first-order chi connectivity index (χ1) is 11.7. The first-order valence-electron chi connectivity index (χ1n) is 7.48. The van der Waals surface area contributed by atoms with Crippen LogP contribution in [0.4, 0.5) is 24.7 Å². The van der Waals surface area contributed by atoms with Crippen molar-refractivity contribution in [2.24, 2.45) is 0 Å². The summed E-state index contributed by atoms with van der Waals surface area (Å²) in [5.41, 5.74) is -0.994. The molecule has 9 heteroatoms. The molecule has 1 aromatic carbocycles. The summed E-state index contributed by atoms with van der Waals surface area (Å²) in [6.07, 6.45) is -3.74. The summed E-state index contributed by atoms with van der Waals surface area (Å²) in [6, 6.07) is 4.60. The molecule has 0 aliphatic carbocycles. The van der Waals surface area contributed by atoms with Crippen LogP contribution in [0, 0.1) is 6.92 Å². The van der Waals surface area contributed by atoms with E-state index in [0.717, 1.165) is 18.6 Å². The van der Waals surface area contributed by atoms with Crippen molar-refractivity contribution in [3.63, 3.8) is 0 Å². The number of halogens is 4. The third-order valence-electron chi connectivity index (χ3n) is 3.16. The Balaban J connectivity index is 2.24. The van der Waals surface area contributed by atoms with Crippen molar-refractivity contribution in [1.82, 2.24) is 9.97 Å². The van der Waals surface area contributed by atoms with Gasteiger partial charge < -0.3 is 10.6 Å². The highest BCUT2D eigenvalue weighted by atomic mass is 35.5. The van der Waals surface area contributed by atoms with Gasteiger partial charge in [-0.15, -0.1) is 0 Å². The number of hydrogen-bond acceptors (Lipinski definition) is 4. The SMILES string of the molecule is CCCNc1cc(C(=O)Nc2ccc(Cl)c(C(F)(F)F)c2)nc(C)n1. The van der Waals surface area contributed by atoms with Crippen molar-refractivity contribution in [3.8, 4) is 0 Å². The molecule has 0 saturated heterocycles. The molecule has 0 unspecified atom stereocenters. The van der Waals surface area contributed by atoms with Gasteiger partial charge in [-0.3, -0.25) is 4.79 Å². The maximum Gasteiger partial charge on any atom is 0.417 e. The number of carbonyl (C=O) groups excluding carboxylic acids is 1. The summed E-state index contributed by atoms with van der Waals surface area (Å²) in [5.74, 6) is 0.213. The van der Waals surface area contributed by atoms with E-state index in [1.165, 1.54) is 12.1 Å². The highest BCUT2D eigenvalue weighted by molar-refractivity contribution is 6.31. The molecule has 2 rings (SSSR count). The molecule has 0 radical (unpaired) electrons. The predicted molar refractivity (Wildman–Crippen MR) is 90.0 cm³/mol. The molecule has 0 fully saturated rings. The van der Waals surface area contributed by atoms with Gasteiger partial charge >= 0.3 is 6.18 Å². The maximum absolute atomic E-state index is 12.9. The van der Waals surface area contributed by atoms with E-state index in [4.69, 9.17) is 11.6 Å². The van der Waals surface area contributed by atoms with E-state index < -0.39 is 22.7 Å². The zero-order valence-electron chi connectivity index (χ0n) is 13.5. The Morgan fingerprint density at radius 1 is 1.24 bits per heavy atom. The fourth-order valence-corrected chi connectivity index (χ4v) is 2.27. The molecule has 0 bridgehead atoms. The third-order valence-corrected chi connectivity index (χ3v) is 3.49. The second-order valence-electron chi connectivity index (χ2n) is 5.26. The highest BCUT2D eigenvalue weighted by Gasteiger charge is 2.33. The van der Waals surface area contributed by atoms with Gasteiger partial charge in [-0.25, -0.2) is 9.97 Å². The second-order valence-corrected chi connectivity index (χ2v) is 5.67. The van der Waals surface area contributed by atoms with Gasteiger partial charge in [0.1, 0.15) is 17.3 Å². The van der Waals surface area contributed by atoms with Gasteiger partial charge in [0.05, 0.1) is 10.6 Å². The molecule has 2 N–H and O–H groups in total. The van der Waals surface area contributed by atoms with Crippen LogP contribution >= 0.6 is 11.6 Å². The normalized spacial score (nSPS) is 11.3. The smallest absolute Gasteiger partial charge is 0.370 e. The molecule has 25 heavy (non-hydrogen) atoms. The Bertz CT molecular complexity index is 780. The molecule has 0 aliphatic heterocycles. The fraction of sp³-hybridized carbons (Fsp3) is 0.312. The number of anilines is 2. The average Bonchev–Trinajstić information content (AvgIpc) is 2.53. The minimum absolute atomic E-state index is 0.0268. The largest absolute Gasteiger partial charge is 0.417 e. The molecule has 5 nitrogen and oxygen atoms in total. The third kappa shape index (κ3) is 5.06. The number of alkyl halides is 3. The second kappa shape index (κ2) is 7.69. The summed E-state index contributed by atoms with van der Waals surface area (Å²) in [6.45, 7) is 4.27. The number of aromatic nitrogens is 2. The molecule has 0 saturated carbocycles. The first kappa shape index (κ1) is 19.0. The van der Waals surface area contributed by atoms with Crippen molar-refractivity contribution in [1.29, 1.82) is 0 Å². The lowest BCUT2D eigenvalue weighted by molar-refractivity contribution is -0.137. The van der Waals surface area contributed by atoms with Gasteiger partial charge in [0.15, 0.2) is 0 Å². The molecule has 1 heterocycles. The van der Waals surface area contributed by atoms with Gasteiger partial charge in [0.25, 0.3) is 5.91 Å². The van der Waals surface area contributed by atoms with E-state index in [2.05, 4.69) is 20.6 Å². The molecular weight excluding hydrogens is 357 g/mol. The zero-order chi connectivity index (χ0) is 18.6. The van der Waals surface area contributed by atoms with E-state index in [0.29, 0.717) is 18.2 Å². The van der Waals surface area contributed by atoms with Gasteiger partial charge in [-0.05, 0) is 31.5 Å². The number of hydrogen-bond donors (Lipinski definition) is 2. The number of aryl methyl sites for hydroxylation is 1. The van der Waals surface area contributed by atoms with Crippen molar-refractivity contribution in [2.75, 3.05) is 17.2 Å². The Hall–Kier alpha value is -2.35. The molecular formula is C16H16ClF3N4O. The van der Waals surface area contributed by atoms with Gasteiger partial charge in [0.2, 0.25) is 0 Å². The predicted octanol–water partition coefficient (Wildman–Crippen LogP) is 4.53. The minimum atomic E-state index is -4.61. The maximum atomic E-state index is 12.9. The summed E-state index contributed by atoms with van der Waals surface area (Å²) < 4.78 is 38.7. The van der Waals surface area contributed by atoms with Crippen LogP contribution in [0.2, 0.25) is 5.02 Å². The lowest BCUT2D eigenvalue weighted by Crippen LogP contribution is -2.16. The van der Waals surface area contributed by atoms with E-state index >= 15 is 0 Å². The van der Waals surface area contributed by atoms with Gasteiger partial charge in [0, 0.05) is 18.3 Å². The lowest BCUT2D eigenvalue weighted by atomic mass is 10.2. The molecule has 2 aromatic rings. The first-order valence-corrected chi connectivity index (χ1v) is 7.86. The molecule has 1 amide bonds. The number of nitrogens with zero attached hydrogens (tertiary/aromatic N) is 2. The molecule has 1 aromatic heterocycles. The summed E-state index contributed by atoms with van der Waals surface area (Å²) in [5, 5.41) is 4.99. The zero-order valence-corrected chi connectivity index (χ0v) is 14.3. The Morgan fingerprint density at radius 3 is 2.60 bits per heavy atom. The Kier molecular flexibility index (Phi) is 5.84. The molecule has 0 aliphatic rings. The van der Waals surface area contributed by atoms with E-state index in [-0.39, 0.29) is 11.4 Å². The van der Waals surface area contributed by atoms with Crippen molar-refractivity contribution < 1.29 is 18.0 Å². The number of rotatable bonds is 5. The standard InChI is InChI=1S/C16H16ClF3N4O/c1-3-6-21-14-8-13(22-9(2)23-14)15(25)24-10-4-5-12(17)11(7-10)16(18,19)20/h4-5,7-8H,3,6H2,1-2H3,(H,24,25)(H,21,22,23). The molecule has 0 spiro atoms. The van der Waals surface area contributed by atoms with Crippen molar-refractivity contribution in [2.45, 2.75) is 26.4 Å². The van der Waals surface area contributed by atoms with Crippen molar-refractivity contribution >= 4 is 29.0 Å². The summed E-state index contributed by atoms with van der Waals surface area (Å²) in [7, 11) is 0. The van der Waals surface area contributed by atoms with Gasteiger partial charge in [-0.1, -0.05) is 18.5 Å². The van der Waals surface area contributed by atoms with E-state index in [1.54, 1.807) is 6.92 Å². The summed E-state index contributed by atoms with van der Waals surface area (Å²) >= 11 is 5.56. The van der Waals surface area contributed by atoms with Crippen LogP contribution in [0.25, 0.3) is 0 Å².